The third-order valence-electron chi connectivity index (χ3n) is 6.21. The highest BCUT2D eigenvalue weighted by atomic mass is 19.4. The fraction of sp³-hybridized carbons (Fsp3) is 0.417. The van der Waals surface area contributed by atoms with Gasteiger partial charge in [0, 0.05) is 17.3 Å². The Morgan fingerprint density at radius 3 is 2.42 bits per heavy atom. The number of carbonyl (C=O) groups is 2. The van der Waals surface area contributed by atoms with Crippen LogP contribution in [-0.4, -0.2) is 42.2 Å². The Kier molecular flexibility index (Phi) is 6.34. The van der Waals surface area contributed by atoms with Crippen molar-refractivity contribution < 1.29 is 32.2 Å². The number of alkyl halides is 3. The molecule has 2 aromatic rings. The topological polar surface area (TPSA) is 67.9 Å². The summed E-state index contributed by atoms with van der Waals surface area (Å²) in [5.41, 5.74) is -1.19. The number of hydrogen-bond donors (Lipinski definition) is 1. The molecule has 2 amide bonds. The number of benzene rings is 2. The van der Waals surface area contributed by atoms with E-state index in [9.17, 15) is 22.8 Å². The molecule has 1 aliphatic heterocycles. The van der Waals surface area contributed by atoms with Gasteiger partial charge in [0.2, 0.25) is 5.91 Å². The first-order valence-corrected chi connectivity index (χ1v) is 10.8. The summed E-state index contributed by atoms with van der Waals surface area (Å²) < 4.78 is 50.1. The van der Waals surface area contributed by atoms with Gasteiger partial charge in [-0.1, -0.05) is 12.5 Å². The number of hydrogen-bond acceptors (Lipinski definition) is 4. The molecule has 1 saturated heterocycles. The van der Waals surface area contributed by atoms with Crippen molar-refractivity contribution in [1.82, 2.24) is 4.90 Å². The van der Waals surface area contributed by atoms with Gasteiger partial charge >= 0.3 is 6.18 Å². The quantitative estimate of drug-likeness (QED) is 0.705. The van der Waals surface area contributed by atoms with Gasteiger partial charge in [-0.2, -0.15) is 13.2 Å². The summed E-state index contributed by atoms with van der Waals surface area (Å²) in [5, 5.41) is 2.80. The SMILES string of the molecule is COc1cccc(NC(=O)C2COC3(CCCCC3)N2C(=O)c2ccc(C(F)(F)F)cc2)c1. The Labute approximate surface area is 189 Å². The van der Waals surface area contributed by atoms with E-state index in [1.165, 1.54) is 12.0 Å². The molecule has 1 unspecified atom stereocenters. The van der Waals surface area contributed by atoms with Gasteiger partial charge in [-0.3, -0.25) is 14.5 Å². The molecule has 33 heavy (non-hydrogen) atoms. The van der Waals surface area contributed by atoms with E-state index >= 15 is 0 Å². The lowest BCUT2D eigenvalue weighted by molar-refractivity contribution is -0.137. The molecule has 1 N–H and O–H groups in total. The highest BCUT2D eigenvalue weighted by Gasteiger charge is 2.53. The number of nitrogens with one attached hydrogen (secondary N) is 1. The molecular formula is C24H25F3N2O4. The van der Waals surface area contributed by atoms with Gasteiger partial charge < -0.3 is 14.8 Å². The van der Waals surface area contributed by atoms with Crippen LogP contribution in [0.4, 0.5) is 18.9 Å². The monoisotopic (exact) mass is 462 g/mol. The molecule has 0 aromatic heterocycles. The summed E-state index contributed by atoms with van der Waals surface area (Å²) in [4.78, 5) is 28.1. The highest BCUT2D eigenvalue weighted by molar-refractivity contribution is 6.02. The number of nitrogens with zero attached hydrogens (tertiary/aromatic N) is 1. The van der Waals surface area contributed by atoms with Crippen LogP contribution < -0.4 is 10.1 Å². The first kappa shape index (κ1) is 23.1. The largest absolute Gasteiger partial charge is 0.497 e. The van der Waals surface area contributed by atoms with Crippen molar-refractivity contribution in [2.75, 3.05) is 19.0 Å². The lowest BCUT2D eigenvalue weighted by atomic mass is 9.89. The van der Waals surface area contributed by atoms with Crippen LogP contribution in [-0.2, 0) is 15.7 Å². The first-order chi connectivity index (χ1) is 15.7. The average Bonchev–Trinajstić information content (AvgIpc) is 3.17. The number of halogens is 3. The fourth-order valence-electron chi connectivity index (χ4n) is 4.54. The van der Waals surface area contributed by atoms with Crippen LogP contribution >= 0.6 is 0 Å². The number of anilines is 1. The maximum atomic E-state index is 13.5. The smallest absolute Gasteiger partial charge is 0.416 e. The summed E-state index contributed by atoms with van der Waals surface area (Å²) >= 11 is 0. The second-order valence-electron chi connectivity index (χ2n) is 8.31. The molecule has 0 bridgehead atoms. The Morgan fingerprint density at radius 2 is 1.79 bits per heavy atom. The van der Waals surface area contributed by atoms with E-state index < -0.39 is 35.3 Å². The number of carbonyl (C=O) groups excluding carboxylic acids is 2. The Hall–Kier alpha value is -3.07. The summed E-state index contributed by atoms with van der Waals surface area (Å²) in [5.74, 6) is -0.378. The Bertz CT molecular complexity index is 1020. The summed E-state index contributed by atoms with van der Waals surface area (Å²) in [6.07, 6.45) is -0.692. The molecule has 1 aliphatic carbocycles. The Morgan fingerprint density at radius 1 is 1.09 bits per heavy atom. The molecule has 2 fully saturated rings. The molecule has 1 saturated carbocycles. The van der Waals surface area contributed by atoms with Gasteiger partial charge in [-0.05, 0) is 62.1 Å². The zero-order valence-electron chi connectivity index (χ0n) is 18.2. The van der Waals surface area contributed by atoms with Gasteiger partial charge in [0.1, 0.15) is 17.5 Å². The zero-order valence-corrected chi connectivity index (χ0v) is 18.2. The van der Waals surface area contributed by atoms with Gasteiger partial charge in [0.25, 0.3) is 5.91 Å². The minimum atomic E-state index is -4.50. The summed E-state index contributed by atoms with van der Waals surface area (Å²) in [6, 6.07) is 9.98. The van der Waals surface area contributed by atoms with E-state index in [2.05, 4.69) is 5.32 Å². The van der Waals surface area contributed by atoms with Crippen LogP contribution in [0.15, 0.2) is 48.5 Å². The standard InChI is InChI=1S/C24H25F3N2O4/c1-32-19-7-5-6-18(14-19)28-21(30)20-15-33-23(12-3-2-4-13-23)29(20)22(31)16-8-10-17(11-9-16)24(25,26)27/h5-11,14,20H,2-4,12-13,15H2,1H3,(H,28,30). The molecule has 1 spiro atoms. The molecule has 2 aliphatic rings. The molecule has 1 heterocycles. The third kappa shape index (κ3) is 4.68. The second-order valence-corrected chi connectivity index (χ2v) is 8.31. The summed E-state index contributed by atoms with van der Waals surface area (Å²) in [6.45, 7) is 0.0160. The van der Waals surface area contributed by atoms with Crippen LogP contribution in [0.3, 0.4) is 0 Å². The van der Waals surface area contributed by atoms with Crippen molar-refractivity contribution in [3.8, 4) is 5.75 Å². The predicted octanol–water partition coefficient (Wildman–Crippen LogP) is 4.85. The van der Waals surface area contributed by atoms with E-state index in [1.807, 2.05) is 0 Å². The number of methoxy groups -OCH3 is 1. The van der Waals surface area contributed by atoms with E-state index in [0.29, 0.717) is 24.3 Å². The van der Waals surface area contributed by atoms with Gasteiger partial charge in [-0.15, -0.1) is 0 Å². The molecule has 1 atom stereocenters. The number of ether oxygens (including phenoxy) is 2. The maximum Gasteiger partial charge on any atom is 0.416 e. The maximum absolute atomic E-state index is 13.5. The van der Waals surface area contributed by atoms with E-state index in [4.69, 9.17) is 9.47 Å². The molecule has 176 valence electrons. The Balaban J connectivity index is 1.62. The normalized spacial score (nSPS) is 20.0. The lowest BCUT2D eigenvalue weighted by Crippen LogP contribution is -2.55. The van der Waals surface area contributed by atoms with Crippen LogP contribution in [0.2, 0.25) is 0 Å². The van der Waals surface area contributed by atoms with Crippen LogP contribution in [0.25, 0.3) is 0 Å². The third-order valence-corrected chi connectivity index (χ3v) is 6.21. The lowest BCUT2D eigenvalue weighted by Gasteiger charge is -2.41. The molecule has 6 nitrogen and oxygen atoms in total. The predicted molar refractivity (Wildman–Crippen MR) is 115 cm³/mol. The van der Waals surface area contributed by atoms with Gasteiger partial charge in [0.05, 0.1) is 19.3 Å². The minimum Gasteiger partial charge on any atom is -0.497 e. The number of amides is 2. The van der Waals surface area contributed by atoms with Crippen molar-refractivity contribution >= 4 is 17.5 Å². The van der Waals surface area contributed by atoms with Crippen molar-refractivity contribution in [2.45, 2.75) is 50.0 Å². The molecule has 9 heteroatoms. The number of rotatable bonds is 4. The minimum absolute atomic E-state index is 0.0160. The van der Waals surface area contributed by atoms with Gasteiger partial charge in [0.15, 0.2) is 0 Å². The van der Waals surface area contributed by atoms with Crippen LogP contribution in [0.1, 0.15) is 48.0 Å². The van der Waals surface area contributed by atoms with E-state index in [-0.39, 0.29) is 12.2 Å². The van der Waals surface area contributed by atoms with Gasteiger partial charge in [-0.25, -0.2) is 0 Å². The molecule has 4 rings (SSSR count). The van der Waals surface area contributed by atoms with Crippen molar-refractivity contribution in [1.29, 1.82) is 0 Å². The molecule has 0 radical (unpaired) electrons. The first-order valence-electron chi connectivity index (χ1n) is 10.8. The highest BCUT2D eigenvalue weighted by Crippen LogP contribution is 2.42. The molecular weight excluding hydrogens is 437 g/mol. The van der Waals surface area contributed by atoms with Crippen molar-refractivity contribution in [3.05, 3.63) is 59.7 Å². The van der Waals surface area contributed by atoms with Crippen molar-refractivity contribution in [3.63, 3.8) is 0 Å². The fourth-order valence-corrected chi connectivity index (χ4v) is 4.54. The van der Waals surface area contributed by atoms with Crippen LogP contribution in [0, 0.1) is 0 Å². The van der Waals surface area contributed by atoms with E-state index in [0.717, 1.165) is 43.5 Å². The van der Waals surface area contributed by atoms with Crippen LogP contribution in [0.5, 0.6) is 5.75 Å². The zero-order chi connectivity index (χ0) is 23.6. The summed E-state index contributed by atoms with van der Waals surface area (Å²) in [7, 11) is 1.52. The second kappa shape index (κ2) is 9.05. The van der Waals surface area contributed by atoms with Crippen molar-refractivity contribution in [2.24, 2.45) is 0 Å². The van der Waals surface area contributed by atoms with E-state index in [1.54, 1.807) is 24.3 Å². The molecule has 2 aromatic carbocycles. The average molecular weight is 462 g/mol.